The van der Waals surface area contributed by atoms with Crippen LogP contribution in [-0.4, -0.2) is 31.2 Å². The van der Waals surface area contributed by atoms with Gasteiger partial charge in [-0.25, -0.2) is 4.79 Å². The first kappa shape index (κ1) is 20.1. The molecule has 1 atom stereocenters. The summed E-state index contributed by atoms with van der Waals surface area (Å²) in [6, 6.07) is 14.1. The molecule has 0 aromatic heterocycles. The molecule has 1 N–H and O–H groups in total. The van der Waals surface area contributed by atoms with Crippen LogP contribution in [0.4, 0.5) is 4.79 Å². The molecule has 5 heteroatoms. The lowest BCUT2D eigenvalue weighted by atomic mass is 9.95. The van der Waals surface area contributed by atoms with Crippen LogP contribution >= 0.6 is 0 Å². The average molecular weight is 383 g/mol. The third kappa shape index (κ3) is 4.77. The topological polar surface area (TPSA) is 50.8 Å². The number of nitrogens with zero attached hydrogens (tertiary/aromatic N) is 1. The first-order valence-electron chi connectivity index (χ1n) is 9.97. The maximum atomic E-state index is 12.8. The van der Waals surface area contributed by atoms with Crippen molar-refractivity contribution in [3.63, 3.8) is 0 Å². The van der Waals surface area contributed by atoms with Crippen molar-refractivity contribution in [2.24, 2.45) is 5.92 Å². The quantitative estimate of drug-likeness (QED) is 0.797. The van der Waals surface area contributed by atoms with E-state index in [2.05, 4.69) is 50.4 Å². The highest BCUT2D eigenvalue weighted by Gasteiger charge is 2.23. The van der Waals surface area contributed by atoms with Gasteiger partial charge in [0.1, 0.15) is 13.2 Å². The lowest BCUT2D eigenvalue weighted by Crippen LogP contribution is -2.40. The number of benzene rings is 2. The Labute approximate surface area is 167 Å². The normalized spacial score (nSPS) is 13.9. The molecule has 0 saturated heterocycles. The van der Waals surface area contributed by atoms with Crippen LogP contribution in [0.3, 0.4) is 0 Å². The van der Waals surface area contributed by atoms with Gasteiger partial charge < -0.3 is 19.7 Å². The molecule has 1 aliphatic heterocycles. The van der Waals surface area contributed by atoms with Gasteiger partial charge in [-0.2, -0.15) is 0 Å². The molecule has 5 nitrogen and oxygen atoms in total. The van der Waals surface area contributed by atoms with Crippen LogP contribution in [-0.2, 0) is 13.0 Å². The summed E-state index contributed by atoms with van der Waals surface area (Å²) in [6.07, 6.45) is 1.02. The van der Waals surface area contributed by atoms with Crippen molar-refractivity contribution in [3.05, 3.63) is 59.2 Å². The molecule has 0 bridgehead atoms. The van der Waals surface area contributed by atoms with Gasteiger partial charge in [-0.15, -0.1) is 0 Å². The van der Waals surface area contributed by atoms with E-state index in [1.54, 1.807) is 4.90 Å². The molecule has 1 aliphatic rings. The first-order chi connectivity index (χ1) is 13.5. The molecule has 3 rings (SSSR count). The minimum Gasteiger partial charge on any atom is -0.486 e. The van der Waals surface area contributed by atoms with Crippen LogP contribution in [0.25, 0.3) is 0 Å². The van der Waals surface area contributed by atoms with Crippen molar-refractivity contribution in [2.45, 2.75) is 39.8 Å². The molecule has 28 heavy (non-hydrogen) atoms. The molecule has 2 amide bonds. The number of ether oxygens (including phenoxy) is 2. The maximum Gasteiger partial charge on any atom is 0.317 e. The summed E-state index contributed by atoms with van der Waals surface area (Å²) < 4.78 is 11.3. The summed E-state index contributed by atoms with van der Waals surface area (Å²) in [5.74, 6) is 1.74. The molecule has 2 aromatic rings. The Hall–Kier alpha value is -2.69. The zero-order valence-corrected chi connectivity index (χ0v) is 17.2. The number of nitrogens with one attached hydrogen (secondary N) is 1. The molecular weight excluding hydrogens is 352 g/mol. The fourth-order valence-electron chi connectivity index (χ4n) is 3.36. The molecule has 0 aliphatic carbocycles. The van der Waals surface area contributed by atoms with E-state index < -0.39 is 0 Å². The second-order valence-corrected chi connectivity index (χ2v) is 7.60. The molecule has 0 saturated carbocycles. The minimum atomic E-state index is -0.103. The van der Waals surface area contributed by atoms with Crippen LogP contribution in [0.15, 0.2) is 42.5 Å². The van der Waals surface area contributed by atoms with E-state index in [4.69, 9.17) is 9.47 Å². The van der Waals surface area contributed by atoms with Gasteiger partial charge in [0.15, 0.2) is 11.5 Å². The van der Waals surface area contributed by atoms with Crippen LogP contribution in [0.1, 0.15) is 43.5 Å². The van der Waals surface area contributed by atoms with E-state index in [-0.39, 0.29) is 18.0 Å². The maximum absolute atomic E-state index is 12.8. The van der Waals surface area contributed by atoms with Crippen molar-refractivity contribution in [3.8, 4) is 11.5 Å². The molecule has 150 valence electrons. The Bertz CT molecular complexity index is 802. The minimum absolute atomic E-state index is 0.0897. The smallest absolute Gasteiger partial charge is 0.317 e. The number of aryl methyl sites for hydroxylation is 1. The number of rotatable bonds is 6. The van der Waals surface area contributed by atoms with Gasteiger partial charge in [-0.1, -0.05) is 51.1 Å². The SMILES string of the molecule is CCc1ccc(CN(C)C(=O)N[C@H](c2ccc3c(c2)OCCO3)C(C)C)cc1. The van der Waals surface area contributed by atoms with E-state index in [0.29, 0.717) is 19.8 Å². The van der Waals surface area contributed by atoms with Crippen molar-refractivity contribution < 1.29 is 14.3 Å². The summed E-state index contributed by atoms with van der Waals surface area (Å²) in [7, 11) is 1.82. The Morgan fingerprint density at radius 3 is 2.32 bits per heavy atom. The number of carbonyl (C=O) groups excluding carboxylic acids is 1. The van der Waals surface area contributed by atoms with Crippen molar-refractivity contribution in [1.29, 1.82) is 0 Å². The number of hydrogen-bond donors (Lipinski definition) is 1. The molecule has 0 unspecified atom stereocenters. The van der Waals surface area contributed by atoms with Crippen molar-refractivity contribution >= 4 is 6.03 Å². The molecular formula is C23H30N2O3. The third-order valence-corrected chi connectivity index (χ3v) is 5.07. The van der Waals surface area contributed by atoms with Crippen LogP contribution in [0.5, 0.6) is 11.5 Å². The number of urea groups is 1. The molecule has 2 aromatic carbocycles. The number of fused-ring (bicyclic) bond motifs is 1. The van der Waals surface area contributed by atoms with Crippen molar-refractivity contribution in [2.75, 3.05) is 20.3 Å². The van der Waals surface area contributed by atoms with E-state index in [9.17, 15) is 4.79 Å². The Kier molecular flexibility index (Phi) is 6.45. The Balaban J connectivity index is 1.68. The van der Waals surface area contributed by atoms with Gasteiger partial charge in [0.2, 0.25) is 0 Å². The summed E-state index contributed by atoms with van der Waals surface area (Å²) >= 11 is 0. The third-order valence-electron chi connectivity index (χ3n) is 5.07. The van der Waals surface area contributed by atoms with Crippen LogP contribution in [0.2, 0.25) is 0 Å². The summed E-state index contributed by atoms with van der Waals surface area (Å²) in [6.45, 7) is 8.03. The average Bonchev–Trinajstić information content (AvgIpc) is 2.71. The van der Waals surface area contributed by atoms with E-state index in [0.717, 1.165) is 29.0 Å². The highest BCUT2D eigenvalue weighted by molar-refractivity contribution is 5.74. The second-order valence-electron chi connectivity index (χ2n) is 7.60. The van der Waals surface area contributed by atoms with Gasteiger partial charge in [0.25, 0.3) is 0 Å². The number of hydrogen-bond acceptors (Lipinski definition) is 3. The monoisotopic (exact) mass is 382 g/mol. The number of carbonyl (C=O) groups is 1. The first-order valence-corrected chi connectivity index (χ1v) is 9.97. The summed E-state index contributed by atoms with van der Waals surface area (Å²) in [4.78, 5) is 14.5. The fraction of sp³-hybridized carbons (Fsp3) is 0.435. The van der Waals surface area contributed by atoms with Crippen molar-refractivity contribution in [1.82, 2.24) is 10.2 Å². The van der Waals surface area contributed by atoms with Gasteiger partial charge in [0.05, 0.1) is 6.04 Å². The summed E-state index contributed by atoms with van der Waals surface area (Å²) in [5, 5.41) is 3.17. The zero-order chi connectivity index (χ0) is 20.1. The molecule has 0 spiro atoms. The van der Waals surface area contributed by atoms with Gasteiger partial charge >= 0.3 is 6.03 Å². The highest BCUT2D eigenvalue weighted by Crippen LogP contribution is 2.34. The molecule has 0 radical (unpaired) electrons. The van der Waals surface area contributed by atoms with E-state index >= 15 is 0 Å². The molecule has 0 fully saturated rings. The predicted molar refractivity (Wildman–Crippen MR) is 111 cm³/mol. The molecule has 1 heterocycles. The van der Waals surface area contributed by atoms with Gasteiger partial charge in [0, 0.05) is 13.6 Å². The van der Waals surface area contributed by atoms with E-state index in [1.165, 1.54) is 5.56 Å². The predicted octanol–water partition coefficient (Wildman–Crippen LogP) is 4.56. The number of amides is 2. The standard InChI is InChI=1S/C23H30N2O3/c1-5-17-6-8-18(9-7-17)15-25(4)23(26)24-22(16(2)3)19-10-11-20-21(14-19)28-13-12-27-20/h6-11,14,16,22H,5,12-13,15H2,1-4H3,(H,24,26)/t22-/m0/s1. The summed E-state index contributed by atoms with van der Waals surface area (Å²) in [5.41, 5.74) is 3.44. The van der Waals surface area contributed by atoms with Crippen LogP contribution < -0.4 is 14.8 Å². The Morgan fingerprint density at radius 1 is 1.04 bits per heavy atom. The zero-order valence-electron chi connectivity index (χ0n) is 17.2. The second kappa shape index (κ2) is 9.00. The van der Waals surface area contributed by atoms with Crippen LogP contribution in [0, 0.1) is 5.92 Å². The lowest BCUT2D eigenvalue weighted by molar-refractivity contribution is 0.171. The largest absolute Gasteiger partial charge is 0.486 e. The van der Waals surface area contributed by atoms with E-state index in [1.807, 2.05) is 25.2 Å². The Morgan fingerprint density at radius 2 is 1.68 bits per heavy atom. The lowest BCUT2D eigenvalue weighted by Gasteiger charge is -2.28. The highest BCUT2D eigenvalue weighted by atomic mass is 16.6. The van der Waals surface area contributed by atoms with Gasteiger partial charge in [-0.05, 0) is 41.2 Å². The fourth-order valence-corrected chi connectivity index (χ4v) is 3.36. The van der Waals surface area contributed by atoms with Gasteiger partial charge in [-0.3, -0.25) is 0 Å².